The molecule has 2 aliphatic rings. The van der Waals surface area contributed by atoms with Crippen LogP contribution < -0.4 is 10.2 Å². The fourth-order valence-corrected chi connectivity index (χ4v) is 5.03. The summed E-state index contributed by atoms with van der Waals surface area (Å²) < 4.78 is 0. The first-order valence-electron chi connectivity index (χ1n) is 10.9. The van der Waals surface area contributed by atoms with Crippen molar-refractivity contribution in [2.75, 3.05) is 23.3 Å². The number of hydrogen-bond donors (Lipinski definition) is 1. The monoisotopic (exact) mass is 445 g/mol. The number of anilines is 2. The molecule has 2 aromatic carbocycles. The van der Waals surface area contributed by atoms with Gasteiger partial charge in [-0.1, -0.05) is 35.9 Å². The van der Waals surface area contributed by atoms with Crippen LogP contribution in [0.4, 0.5) is 17.3 Å². The zero-order valence-corrected chi connectivity index (χ0v) is 18.7. The van der Waals surface area contributed by atoms with Crippen molar-refractivity contribution in [3.63, 3.8) is 0 Å². The van der Waals surface area contributed by atoms with Crippen LogP contribution in [0.2, 0.25) is 5.02 Å². The van der Waals surface area contributed by atoms with E-state index in [4.69, 9.17) is 18.2 Å². The van der Waals surface area contributed by atoms with Crippen molar-refractivity contribution in [1.29, 1.82) is 0 Å². The van der Waals surface area contributed by atoms with E-state index >= 15 is 0 Å². The Morgan fingerprint density at radius 1 is 1.12 bits per heavy atom. The molecule has 5 rings (SSSR count). The van der Waals surface area contributed by atoms with Gasteiger partial charge in [0.1, 0.15) is 5.78 Å². The minimum absolute atomic E-state index is 0.213. The largest absolute Gasteiger partial charge is 0.364 e. The molecule has 2 heterocycles. The first-order chi connectivity index (χ1) is 15.5. The predicted molar refractivity (Wildman–Crippen MR) is 127 cm³/mol. The van der Waals surface area contributed by atoms with Gasteiger partial charge in [-0.15, -0.1) is 10.2 Å². The Hall–Kier alpha value is -3.17. The molecule has 32 heavy (non-hydrogen) atoms. The summed E-state index contributed by atoms with van der Waals surface area (Å²) in [4.78, 5) is 17.4. The smallest absolute Gasteiger partial charge is 0.188 e. The molecule has 0 bridgehead atoms. The molecular weight excluding hydrogens is 422 g/mol. The van der Waals surface area contributed by atoms with Gasteiger partial charge in [0.2, 0.25) is 0 Å². The van der Waals surface area contributed by atoms with Gasteiger partial charge in [-0.05, 0) is 48.4 Å². The molecule has 1 aromatic heterocycles. The van der Waals surface area contributed by atoms with Gasteiger partial charge in [0.15, 0.2) is 17.3 Å². The second-order valence-electron chi connectivity index (χ2n) is 9.03. The Morgan fingerprint density at radius 3 is 2.59 bits per heavy atom. The van der Waals surface area contributed by atoms with E-state index in [0.29, 0.717) is 23.8 Å². The summed E-state index contributed by atoms with van der Waals surface area (Å²) in [5.74, 6) is 1.89. The Balaban J connectivity index is 1.42. The summed E-state index contributed by atoms with van der Waals surface area (Å²) >= 11 is 6.27. The van der Waals surface area contributed by atoms with Gasteiger partial charge in [-0.3, -0.25) is 4.79 Å². The number of benzene rings is 2. The van der Waals surface area contributed by atoms with Gasteiger partial charge in [0, 0.05) is 48.3 Å². The first kappa shape index (κ1) is 20.7. The highest BCUT2D eigenvalue weighted by atomic mass is 35.5. The van der Waals surface area contributed by atoms with E-state index in [-0.39, 0.29) is 5.41 Å². The summed E-state index contributed by atoms with van der Waals surface area (Å²) in [5, 5.41) is 15.1. The van der Waals surface area contributed by atoms with Crippen molar-refractivity contribution in [1.82, 2.24) is 10.2 Å². The lowest BCUT2D eigenvalue weighted by Gasteiger charge is -2.47. The number of halogens is 1. The minimum Gasteiger partial charge on any atom is -0.364 e. The van der Waals surface area contributed by atoms with Crippen LogP contribution in [0.25, 0.3) is 15.6 Å². The molecule has 1 N–H and O–H groups in total. The van der Waals surface area contributed by atoms with Gasteiger partial charge in [-0.2, -0.15) is 0 Å². The van der Waals surface area contributed by atoms with Crippen LogP contribution in [0.15, 0.2) is 36.4 Å². The molecule has 1 saturated heterocycles. The molecule has 3 aromatic rings. The molecule has 1 spiro atoms. The number of rotatable bonds is 4. The van der Waals surface area contributed by atoms with Gasteiger partial charge < -0.3 is 10.2 Å². The highest BCUT2D eigenvalue weighted by Crippen LogP contribution is 2.47. The average Bonchev–Trinajstić information content (AvgIpc) is 2.79. The van der Waals surface area contributed by atoms with Crippen LogP contribution in [0.3, 0.4) is 0 Å². The van der Waals surface area contributed by atoms with E-state index in [9.17, 15) is 4.79 Å². The Labute approximate surface area is 192 Å². The van der Waals surface area contributed by atoms with E-state index in [1.165, 1.54) is 0 Å². The van der Waals surface area contributed by atoms with Crippen LogP contribution in [0.5, 0.6) is 0 Å². The van der Waals surface area contributed by atoms with E-state index in [0.717, 1.165) is 71.5 Å². The molecule has 1 saturated carbocycles. The number of piperidine rings is 1. The lowest BCUT2D eigenvalue weighted by molar-refractivity contribution is -0.133. The van der Waals surface area contributed by atoms with Gasteiger partial charge in [0.25, 0.3) is 0 Å². The average molecular weight is 446 g/mol. The zero-order chi connectivity index (χ0) is 22.3. The number of carbonyl (C=O) groups excluding carboxylic acids is 1. The van der Waals surface area contributed by atoms with E-state index < -0.39 is 0 Å². The second-order valence-corrected chi connectivity index (χ2v) is 9.44. The van der Waals surface area contributed by atoms with Crippen molar-refractivity contribution in [3.8, 4) is 0 Å². The highest BCUT2D eigenvalue weighted by Gasteiger charge is 2.45. The third kappa shape index (κ3) is 3.78. The lowest BCUT2D eigenvalue weighted by atomic mass is 9.62. The number of fused-ring (bicyclic) bond motifs is 1. The number of nitrogens with zero attached hydrogens (tertiary/aromatic N) is 4. The summed E-state index contributed by atoms with van der Waals surface area (Å²) in [6.45, 7) is 11.7. The maximum Gasteiger partial charge on any atom is 0.188 e. The third-order valence-corrected chi connectivity index (χ3v) is 7.24. The first-order valence-corrected chi connectivity index (χ1v) is 11.3. The fraction of sp³-hybridized carbons (Fsp3) is 0.360. The van der Waals surface area contributed by atoms with E-state index in [2.05, 4.69) is 25.3 Å². The van der Waals surface area contributed by atoms with Crippen molar-refractivity contribution in [2.45, 2.75) is 39.2 Å². The number of Topliss-reactive ketones (excluding diaryl/α,β-unsaturated/α-hetero) is 1. The topological polar surface area (TPSA) is 62.5 Å². The van der Waals surface area contributed by atoms with Crippen molar-refractivity contribution in [2.24, 2.45) is 5.41 Å². The Kier molecular flexibility index (Phi) is 5.22. The molecule has 2 fully saturated rings. The maximum absolute atomic E-state index is 11.5. The maximum atomic E-state index is 11.5. The zero-order valence-electron chi connectivity index (χ0n) is 18.0. The van der Waals surface area contributed by atoms with E-state index in [1.807, 2.05) is 43.3 Å². The van der Waals surface area contributed by atoms with Gasteiger partial charge >= 0.3 is 0 Å². The molecule has 1 aliphatic carbocycles. The number of aryl methyl sites for hydroxylation is 1. The number of hydrogen-bond acceptors (Lipinski definition) is 5. The number of nitrogens with one attached hydrogen (secondary N) is 1. The van der Waals surface area contributed by atoms with Crippen molar-refractivity contribution < 1.29 is 4.79 Å². The van der Waals surface area contributed by atoms with Crippen LogP contribution in [-0.2, 0) is 11.3 Å². The Bertz CT molecular complexity index is 1250. The van der Waals surface area contributed by atoms with E-state index in [1.54, 1.807) is 0 Å². The molecule has 0 unspecified atom stereocenters. The quantitative estimate of drug-likeness (QED) is 0.521. The predicted octanol–water partition coefficient (Wildman–Crippen LogP) is 5.70. The second kappa shape index (κ2) is 8.07. The molecule has 0 radical (unpaired) electrons. The van der Waals surface area contributed by atoms with Crippen LogP contribution >= 0.6 is 11.6 Å². The number of aromatic nitrogens is 2. The molecule has 162 valence electrons. The molecule has 7 heteroatoms. The minimum atomic E-state index is 0.213. The number of carbonyl (C=O) groups is 1. The van der Waals surface area contributed by atoms with Gasteiger partial charge in [0.05, 0.1) is 6.57 Å². The van der Waals surface area contributed by atoms with Gasteiger partial charge in [-0.25, -0.2) is 4.85 Å². The molecule has 0 amide bonds. The highest BCUT2D eigenvalue weighted by molar-refractivity contribution is 6.31. The number of ketones is 1. The summed E-state index contributed by atoms with van der Waals surface area (Å²) in [5.41, 5.74) is 2.88. The molecule has 1 aliphatic heterocycles. The molecule has 6 nitrogen and oxygen atoms in total. The lowest BCUT2D eigenvalue weighted by Crippen LogP contribution is -2.47. The van der Waals surface area contributed by atoms with Crippen LogP contribution in [0, 0.1) is 18.9 Å². The standard InChI is InChI=1S/C25H24ClN5O/c1-16-3-4-17(11-22(16)26)15-28-23-21-12-18(27-2)5-6-20(21)24(30-29-23)31-9-7-25(8-10-31)13-19(32)14-25/h3-6,11-12H,7-10,13-15H2,1H3,(H,28,29). The Morgan fingerprint density at radius 2 is 1.91 bits per heavy atom. The summed E-state index contributed by atoms with van der Waals surface area (Å²) in [6, 6.07) is 11.7. The van der Waals surface area contributed by atoms with Crippen molar-refractivity contribution in [3.05, 3.63) is 64.0 Å². The molecular formula is C25H24ClN5O. The fourth-order valence-electron chi connectivity index (χ4n) is 4.83. The summed E-state index contributed by atoms with van der Waals surface area (Å²) in [6.07, 6.45) is 3.48. The van der Waals surface area contributed by atoms with Crippen LogP contribution in [-0.4, -0.2) is 29.1 Å². The summed E-state index contributed by atoms with van der Waals surface area (Å²) in [7, 11) is 0. The molecule has 0 atom stereocenters. The third-order valence-electron chi connectivity index (χ3n) is 6.84. The van der Waals surface area contributed by atoms with Crippen molar-refractivity contribution >= 4 is 45.5 Å². The normalized spacial score (nSPS) is 17.3. The SMILES string of the molecule is [C-]#[N+]c1ccc2c(N3CCC4(CC3)CC(=O)C4)nnc(NCc3ccc(C)c(Cl)c3)c2c1. The van der Waals surface area contributed by atoms with Crippen LogP contribution in [0.1, 0.15) is 36.8 Å².